The van der Waals surface area contributed by atoms with Crippen LogP contribution in [0.2, 0.25) is 0 Å². The van der Waals surface area contributed by atoms with Crippen LogP contribution in [0.5, 0.6) is 5.75 Å². The van der Waals surface area contributed by atoms with Crippen LogP contribution in [0.1, 0.15) is 30.9 Å². The maximum atomic E-state index is 13.0. The summed E-state index contributed by atoms with van der Waals surface area (Å²) < 4.78 is 49.8. The van der Waals surface area contributed by atoms with Crippen molar-refractivity contribution in [3.05, 3.63) is 29.3 Å². The van der Waals surface area contributed by atoms with E-state index in [-0.39, 0.29) is 11.5 Å². The molecule has 0 bridgehead atoms. The van der Waals surface area contributed by atoms with Crippen molar-refractivity contribution >= 4 is 0 Å². The predicted octanol–water partition coefficient (Wildman–Crippen LogP) is 3.54. The van der Waals surface area contributed by atoms with Crippen molar-refractivity contribution in [2.24, 2.45) is 0 Å². The van der Waals surface area contributed by atoms with E-state index in [1.165, 1.54) is 12.1 Å². The van der Waals surface area contributed by atoms with E-state index in [9.17, 15) is 13.2 Å². The molecule has 1 fully saturated rings. The summed E-state index contributed by atoms with van der Waals surface area (Å²) in [6, 6.07) is 4.01. The molecule has 1 aromatic rings. The quantitative estimate of drug-likeness (QED) is 0.829. The number of ether oxygens (including phenoxy) is 2. The van der Waals surface area contributed by atoms with Gasteiger partial charge < -0.3 is 9.47 Å². The first-order valence-electron chi connectivity index (χ1n) is 7.52. The number of rotatable bonds is 5. The average Bonchev–Trinajstić information content (AvgIpc) is 2.47. The summed E-state index contributed by atoms with van der Waals surface area (Å²) in [6.45, 7) is 7.89. The number of alkyl halides is 3. The van der Waals surface area contributed by atoms with E-state index in [2.05, 4.69) is 4.90 Å². The first kappa shape index (κ1) is 17.1. The molecule has 0 radical (unpaired) electrons. The summed E-state index contributed by atoms with van der Waals surface area (Å²) >= 11 is 0. The Morgan fingerprint density at radius 1 is 1.23 bits per heavy atom. The van der Waals surface area contributed by atoms with Gasteiger partial charge in [-0.25, -0.2) is 0 Å². The average molecular weight is 317 g/mol. The molecule has 22 heavy (non-hydrogen) atoms. The van der Waals surface area contributed by atoms with Crippen LogP contribution >= 0.6 is 0 Å². The van der Waals surface area contributed by atoms with E-state index < -0.39 is 11.7 Å². The molecule has 0 amide bonds. The summed E-state index contributed by atoms with van der Waals surface area (Å²) in [7, 11) is 0. The van der Waals surface area contributed by atoms with Crippen molar-refractivity contribution in [3.8, 4) is 5.75 Å². The number of nitrogens with zero attached hydrogens (tertiary/aromatic N) is 1. The third kappa shape index (κ3) is 4.61. The molecule has 0 atom stereocenters. The lowest BCUT2D eigenvalue weighted by molar-refractivity contribution is -0.138. The van der Waals surface area contributed by atoms with Crippen LogP contribution in [0.15, 0.2) is 18.2 Å². The molecule has 0 aliphatic carbocycles. The van der Waals surface area contributed by atoms with Crippen molar-refractivity contribution in [3.63, 3.8) is 0 Å². The molecule has 0 unspecified atom stereocenters. The molecule has 1 aliphatic heterocycles. The first-order valence-corrected chi connectivity index (χ1v) is 7.52. The van der Waals surface area contributed by atoms with Gasteiger partial charge in [-0.3, -0.25) is 4.90 Å². The fourth-order valence-electron chi connectivity index (χ4n) is 2.48. The smallest absolute Gasteiger partial charge is 0.416 e. The van der Waals surface area contributed by atoms with Crippen molar-refractivity contribution < 1.29 is 22.6 Å². The van der Waals surface area contributed by atoms with Crippen LogP contribution in [0, 0.1) is 0 Å². The highest BCUT2D eigenvalue weighted by atomic mass is 19.4. The van der Waals surface area contributed by atoms with E-state index in [0.29, 0.717) is 12.4 Å². The Hall–Kier alpha value is -1.27. The second-order valence-corrected chi connectivity index (χ2v) is 5.70. The Morgan fingerprint density at radius 3 is 2.50 bits per heavy atom. The van der Waals surface area contributed by atoms with E-state index in [4.69, 9.17) is 9.47 Å². The van der Waals surface area contributed by atoms with Gasteiger partial charge in [0.25, 0.3) is 0 Å². The second-order valence-electron chi connectivity index (χ2n) is 5.70. The van der Waals surface area contributed by atoms with Gasteiger partial charge in [0.2, 0.25) is 0 Å². The van der Waals surface area contributed by atoms with Crippen molar-refractivity contribution in [2.45, 2.75) is 25.9 Å². The van der Waals surface area contributed by atoms with E-state index >= 15 is 0 Å². The molecule has 1 heterocycles. The number of hydrogen-bond acceptors (Lipinski definition) is 3. The number of morpholine rings is 1. The van der Waals surface area contributed by atoms with E-state index in [1.807, 2.05) is 0 Å². The number of hydrogen-bond donors (Lipinski definition) is 0. The van der Waals surface area contributed by atoms with E-state index in [0.717, 1.165) is 38.9 Å². The maximum Gasteiger partial charge on any atom is 0.416 e. The lowest BCUT2D eigenvalue weighted by Gasteiger charge is -2.26. The van der Waals surface area contributed by atoms with Gasteiger partial charge in [0.1, 0.15) is 12.4 Å². The zero-order chi connectivity index (χ0) is 16.2. The van der Waals surface area contributed by atoms with Gasteiger partial charge in [-0.05, 0) is 29.7 Å². The van der Waals surface area contributed by atoms with Crippen molar-refractivity contribution in [1.29, 1.82) is 0 Å². The third-order valence-corrected chi connectivity index (χ3v) is 3.73. The standard InChI is InChI=1S/C16H22F3NO2/c1-12(2)14-11-13(3-4-15(14)16(17,18)19)22-10-7-20-5-8-21-9-6-20/h3-4,11-12H,5-10H2,1-2H3. The monoisotopic (exact) mass is 317 g/mol. The Labute approximate surface area is 129 Å². The summed E-state index contributed by atoms with van der Waals surface area (Å²) in [6.07, 6.45) is -4.33. The zero-order valence-corrected chi connectivity index (χ0v) is 12.9. The van der Waals surface area contributed by atoms with Crippen molar-refractivity contribution in [1.82, 2.24) is 4.90 Å². The third-order valence-electron chi connectivity index (χ3n) is 3.73. The molecule has 124 valence electrons. The van der Waals surface area contributed by atoms with Crippen LogP contribution < -0.4 is 4.74 Å². The van der Waals surface area contributed by atoms with Crippen LogP contribution in [0.4, 0.5) is 13.2 Å². The normalized spacial score (nSPS) is 17.0. The van der Waals surface area contributed by atoms with Crippen LogP contribution in [-0.4, -0.2) is 44.4 Å². The first-order chi connectivity index (χ1) is 10.4. The minimum absolute atomic E-state index is 0.209. The molecule has 0 aromatic heterocycles. The maximum absolute atomic E-state index is 13.0. The summed E-state index contributed by atoms with van der Waals surface area (Å²) in [5, 5.41) is 0. The van der Waals surface area contributed by atoms with Gasteiger partial charge in [-0.1, -0.05) is 13.8 Å². The predicted molar refractivity (Wildman–Crippen MR) is 78.3 cm³/mol. The highest BCUT2D eigenvalue weighted by Gasteiger charge is 2.34. The Balaban J connectivity index is 1.98. The fourth-order valence-corrected chi connectivity index (χ4v) is 2.48. The van der Waals surface area contributed by atoms with Gasteiger partial charge in [0.15, 0.2) is 0 Å². The largest absolute Gasteiger partial charge is 0.492 e. The molecule has 1 saturated heterocycles. The molecule has 1 aromatic carbocycles. The van der Waals surface area contributed by atoms with Crippen LogP contribution in [-0.2, 0) is 10.9 Å². The summed E-state index contributed by atoms with van der Waals surface area (Å²) in [5.74, 6) is 0.282. The molecule has 6 heteroatoms. The van der Waals surface area contributed by atoms with Gasteiger partial charge in [-0.15, -0.1) is 0 Å². The minimum atomic E-state index is -4.33. The van der Waals surface area contributed by atoms with Crippen molar-refractivity contribution in [2.75, 3.05) is 39.5 Å². The second kappa shape index (κ2) is 7.33. The molecule has 3 nitrogen and oxygen atoms in total. The molecule has 0 N–H and O–H groups in total. The topological polar surface area (TPSA) is 21.7 Å². The Kier molecular flexibility index (Phi) is 5.69. The number of halogens is 3. The lowest BCUT2D eigenvalue weighted by atomic mass is 9.96. The van der Waals surface area contributed by atoms with Gasteiger partial charge in [0, 0.05) is 19.6 Å². The van der Waals surface area contributed by atoms with Crippen LogP contribution in [0.25, 0.3) is 0 Å². The summed E-state index contributed by atoms with van der Waals surface area (Å²) in [4.78, 5) is 2.22. The van der Waals surface area contributed by atoms with E-state index in [1.54, 1.807) is 13.8 Å². The molecule has 1 aliphatic rings. The molecule has 0 saturated carbocycles. The Morgan fingerprint density at radius 2 is 1.91 bits per heavy atom. The van der Waals surface area contributed by atoms with Crippen LogP contribution in [0.3, 0.4) is 0 Å². The van der Waals surface area contributed by atoms with Gasteiger partial charge in [0.05, 0.1) is 18.8 Å². The summed E-state index contributed by atoms with van der Waals surface area (Å²) in [5.41, 5.74) is -0.306. The number of benzene rings is 1. The fraction of sp³-hybridized carbons (Fsp3) is 0.625. The zero-order valence-electron chi connectivity index (χ0n) is 12.9. The highest BCUT2D eigenvalue weighted by molar-refractivity contribution is 5.39. The molecule has 2 rings (SSSR count). The molecular weight excluding hydrogens is 295 g/mol. The minimum Gasteiger partial charge on any atom is -0.492 e. The SMILES string of the molecule is CC(C)c1cc(OCCN2CCOCC2)ccc1C(F)(F)F. The molecular formula is C16H22F3NO2. The lowest BCUT2D eigenvalue weighted by Crippen LogP contribution is -2.38. The molecule has 0 spiro atoms. The Bertz CT molecular complexity index is 483. The van der Waals surface area contributed by atoms with Gasteiger partial charge >= 0.3 is 6.18 Å². The van der Waals surface area contributed by atoms with Gasteiger partial charge in [-0.2, -0.15) is 13.2 Å². The highest BCUT2D eigenvalue weighted by Crippen LogP contribution is 2.36.